The lowest BCUT2D eigenvalue weighted by Gasteiger charge is -2.08. The molecule has 0 fully saturated rings. The smallest absolute Gasteiger partial charge is 0.295 e. The van der Waals surface area contributed by atoms with E-state index in [1.165, 1.54) is 4.68 Å². The van der Waals surface area contributed by atoms with Crippen molar-refractivity contribution in [1.82, 2.24) is 9.36 Å². The van der Waals surface area contributed by atoms with Gasteiger partial charge in [-0.2, -0.15) is 0 Å². The second-order valence-electron chi connectivity index (χ2n) is 7.12. The van der Waals surface area contributed by atoms with E-state index in [1.54, 1.807) is 37.7 Å². The number of ether oxygens (including phenoxy) is 1. The summed E-state index contributed by atoms with van der Waals surface area (Å²) in [5.41, 5.74) is 2.32. The Kier molecular flexibility index (Phi) is 6.51. The Morgan fingerprint density at radius 1 is 1.03 bits per heavy atom. The van der Waals surface area contributed by atoms with Gasteiger partial charge in [-0.15, -0.1) is 0 Å². The van der Waals surface area contributed by atoms with Gasteiger partial charge in [0, 0.05) is 13.5 Å². The molecule has 0 aliphatic carbocycles. The summed E-state index contributed by atoms with van der Waals surface area (Å²) >= 11 is 0. The van der Waals surface area contributed by atoms with Crippen molar-refractivity contribution in [3.8, 4) is 11.4 Å². The van der Waals surface area contributed by atoms with E-state index in [0.29, 0.717) is 24.3 Å². The van der Waals surface area contributed by atoms with Gasteiger partial charge in [0.25, 0.3) is 11.5 Å². The number of carbonyl (C=O) groups excluding carboxylic acids is 2. The molecule has 156 valence electrons. The molecule has 7 heteroatoms. The van der Waals surface area contributed by atoms with E-state index in [1.807, 2.05) is 42.5 Å². The molecule has 0 aliphatic heterocycles. The first-order valence-corrected chi connectivity index (χ1v) is 9.72. The van der Waals surface area contributed by atoms with Crippen molar-refractivity contribution in [3.05, 3.63) is 76.2 Å². The molecule has 0 radical (unpaired) electrons. The van der Waals surface area contributed by atoms with E-state index < -0.39 is 5.91 Å². The number of Topliss-reactive ketones (excluding diaryl/α,β-unsaturated/α-hetero) is 1. The van der Waals surface area contributed by atoms with Gasteiger partial charge in [-0.25, -0.2) is 4.68 Å². The summed E-state index contributed by atoms with van der Waals surface area (Å²) in [6, 6.07) is 16.5. The van der Waals surface area contributed by atoms with Crippen LogP contribution in [0.4, 0.5) is 5.69 Å². The van der Waals surface area contributed by atoms with Crippen LogP contribution in [0.25, 0.3) is 5.69 Å². The Bertz CT molecular complexity index is 1100. The summed E-state index contributed by atoms with van der Waals surface area (Å²) < 4.78 is 8.74. The monoisotopic (exact) mass is 407 g/mol. The van der Waals surface area contributed by atoms with Crippen molar-refractivity contribution < 1.29 is 14.3 Å². The number of aryl methyl sites for hydroxylation is 1. The molecule has 0 spiro atoms. The number of para-hydroxylation sites is 1. The van der Waals surface area contributed by atoms with E-state index in [4.69, 9.17) is 4.74 Å². The third-order valence-electron chi connectivity index (χ3n) is 4.88. The molecule has 2 aromatic carbocycles. The van der Waals surface area contributed by atoms with Gasteiger partial charge in [-0.3, -0.25) is 14.3 Å². The molecule has 1 heterocycles. The quantitative estimate of drug-likeness (QED) is 0.622. The molecule has 0 aliphatic rings. The molecular weight excluding hydrogens is 382 g/mol. The first-order valence-electron chi connectivity index (χ1n) is 9.72. The summed E-state index contributed by atoms with van der Waals surface area (Å²) in [7, 11) is 1.77. The molecule has 0 unspecified atom stereocenters. The molecule has 3 rings (SSSR count). The molecule has 0 saturated carbocycles. The number of nitrogens with zero attached hydrogens (tertiary/aromatic N) is 2. The number of amides is 1. The molecule has 1 amide bonds. The highest BCUT2D eigenvalue weighted by atomic mass is 16.5. The minimum absolute atomic E-state index is 0.148. The highest BCUT2D eigenvalue weighted by molar-refractivity contribution is 5.92. The molecule has 0 bridgehead atoms. The second-order valence-corrected chi connectivity index (χ2v) is 7.12. The lowest BCUT2D eigenvalue weighted by atomic mass is 10.1. The van der Waals surface area contributed by atoms with Crippen molar-refractivity contribution >= 4 is 17.4 Å². The van der Waals surface area contributed by atoms with Gasteiger partial charge < -0.3 is 14.8 Å². The number of rotatable bonds is 8. The van der Waals surface area contributed by atoms with Gasteiger partial charge in [0.05, 0.1) is 11.4 Å². The standard InChI is InChI=1S/C23H25N3O4/c1-16(27)9-10-18-11-13-20(14-12-18)30-15-21(28)24-22-17(2)25(3)26(23(22)29)19-7-5-4-6-8-19/h4-8,11-14H,9-10,15H2,1-3H3,(H,24,28). The Labute approximate surface area is 174 Å². The fourth-order valence-electron chi connectivity index (χ4n) is 3.11. The van der Waals surface area contributed by atoms with Crippen LogP contribution in [-0.2, 0) is 23.1 Å². The van der Waals surface area contributed by atoms with Crippen LogP contribution in [0, 0.1) is 6.92 Å². The molecule has 7 nitrogen and oxygen atoms in total. The van der Waals surface area contributed by atoms with Crippen LogP contribution < -0.4 is 15.6 Å². The zero-order valence-electron chi connectivity index (χ0n) is 17.3. The van der Waals surface area contributed by atoms with Crippen molar-refractivity contribution in [2.75, 3.05) is 11.9 Å². The minimum atomic E-state index is -0.415. The summed E-state index contributed by atoms with van der Waals surface area (Å²) in [4.78, 5) is 36.3. The van der Waals surface area contributed by atoms with Crippen LogP contribution in [0.5, 0.6) is 5.75 Å². The molecule has 30 heavy (non-hydrogen) atoms. The Balaban J connectivity index is 1.64. The number of ketones is 1. The normalized spacial score (nSPS) is 10.6. The first-order chi connectivity index (χ1) is 14.4. The molecule has 0 saturated heterocycles. The third-order valence-corrected chi connectivity index (χ3v) is 4.88. The van der Waals surface area contributed by atoms with Gasteiger partial charge in [0.1, 0.15) is 17.2 Å². The fourth-order valence-corrected chi connectivity index (χ4v) is 3.11. The fraction of sp³-hybridized carbons (Fsp3) is 0.261. The molecule has 3 aromatic rings. The van der Waals surface area contributed by atoms with Gasteiger partial charge in [-0.1, -0.05) is 30.3 Å². The highest BCUT2D eigenvalue weighted by Gasteiger charge is 2.18. The SMILES string of the molecule is CC(=O)CCc1ccc(OCC(=O)Nc2c(C)n(C)n(-c3ccccc3)c2=O)cc1. The minimum Gasteiger partial charge on any atom is -0.484 e. The number of hydrogen-bond donors (Lipinski definition) is 1. The number of carbonyl (C=O) groups is 2. The Morgan fingerprint density at radius 2 is 1.70 bits per heavy atom. The van der Waals surface area contributed by atoms with Crippen LogP contribution in [0.1, 0.15) is 24.6 Å². The van der Waals surface area contributed by atoms with Gasteiger partial charge in [0.15, 0.2) is 6.61 Å². The predicted octanol–water partition coefficient (Wildman–Crippen LogP) is 3.02. The predicted molar refractivity (Wildman–Crippen MR) is 115 cm³/mol. The van der Waals surface area contributed by atoms with E-state index in [-0.39, 0.29) is 23.6 Å². The van der Waals surface area contributed by atoms with Crippen molar-refractivity contribution in [2.45, 2.75) is 26.7 Å². The molecular formula is C23H25N3O4. The number of aromatic nitrogens is 2. The zero-order chi connectivity index (χ0) is 21.7. The summed E-state index contributed by atoms with van der Waals surface area (Å²) in [5, 5.41) is 2.67. The highest BCUT2D eigenvalue weighted by Crippen LogP contribution is 2.15. The Morgan fingerprint density at radius 3 is 2.33 bits per heavy atom. The van der Waals surface area contributed by atoms with Gasteiger partial charge in [-0.05, 0) is 50.1 Å². The van der Waals surface area contributed by atoms with E-state index in [0.717, 1.165) is 11.3 Å². The molecule has 1 N–H and O–H groups in total. The van der Waals surface area contributed by atoms with Crippen LogP contribution in [0.3, 0.4) is 0 Å². The third kappa shape index (κ3) is 4.86. The van der Waals surface area contributed by atoms with Crippen LogP contribution in [0.2, 0.25) is 0 Å². The Hall–Kier alpha value is -3.61. The second kappa shape index (κ2) is 9.26. The molecule has 0 atom stereocenters. The van der Waals surface area contributed by atoms with Crippen molar-refractivity contribution in [2.24, 2.45) is 7.05 Å². The van der Waals surface area contributed by atoms with Crippen LogP contribution in [-0.4, -0.2) is 27.7 Å². The van der Waals surface area contributed by atoms with E-state index in [2.05, 4.69) is 5.32 Å². The maximum Gasteiger partial charge on any atom is 0.295 e. The zero-order valence-corrected chi connectivity index (χ0v) is 17.3. The van der Waals surface area contributed by atoms with Gasteiger partial charge >= 0.3 is 0 Å². The van der Waals surface area contributed by atoms with E-state index in [9.17, 15) is 14.4 Å². The maximum absolute atomic E-state index is 12.8. The number of benzene rings is 2. The topological polar surface area (TPSA) is 82.3 Å². The lowest BCUT2D eigenvalue weighted by Crippen LogP contribution is -2.25. The van der Waals surface area contributed by atoms with Crippen molar-refractivity contribution in [1.29, 1.82) is 0 Å². The summed E-state index contributed by atoms with van der Waals surface area (Å²) in [6.07, 6.45) is 1.18. The van der Waals surface area contributed by atoms with Crippen LogP contribution >= 0.6 is 0 Å². The largest absolute Gasteiger partial charge is 0.484 e. The van der Waals surface area contributed by atoms with Gasteiger partial charge in [0.2, 0.25) is 0 Å². The first kappa shape index (κ1) is 21.1. The maximum atomic E-state index is 12.8. The summed E-state index contributed by atoms with van der Waals surface area (Å²) in [5.74, 6) is 0.277. The van der Waals surface area contributed by atoms with E-state index >= 15 is 0 Å². The lowest BCUT2D eigenvalue weighted by molar-refractivity contribution is -0.118. The number of anilines is 1. The van der Waals surface area contributed by atoms with Crippen LogP contribution in [0.15, 0.2) is 59.4 Å². The average molecular weight is 407 g/mol. The van der Waals surface area contributed by atoms with Crippen molar-refractivity contribution in [3.63, 3.8) is 0 Å². The summed E-state index contributed by atoms with van der Waals surface area (Å²) in [6.45, 7) is 3.13. The molecule has 1 aromatic heterocycles. The number of nitrogens with one attached hydrogen (secondary N) is 1. The average Bonchev–Trinajstić information content (AvgIpc) is 2.95. The number of hydrogen-bond acceptors (Lipinski definition) is 4.